The quantitative estimate of drug-likeness (QED) is 0.581. The molecule has 0 aromatic carbocycles. The molecule has 2 unspecified atom stereocenters. The van der Waals surface area contributed by atoms with Crippen LogP contribution in [-0.2, 0) is 4.74 Å². The number of nitrogens with one attached hydrogen (secondary N) is 1. The lowest BCUT2D eigenvalue weighted by Gasteiger charge is -2.25. The van der Waals surface area contributed by atoms with Crippen molar-refractivity contribution in [2.45, 2.75) is 25.4 Å². The van der Waals surface area contributed by atoms with Crippen LogP contribution in [0.25, 0.3) is 0 Å². The maximum atomic E-state index is 11.5. The van der Waals surface area contributed by atoms with Gasteiger partial charge in [0.15, 0.2) is 6.23 Å². The second-order valence-electron chi connectivity index (χ2n) is 3.72. The van der Waals surface area contributed by atoms with Gasteiger partial charge >= 0.3 is 5.69 Å². The Balaban J connectivity index is 2.96. The maximum absolute atomic E-state index is 11.5. The second kappa shape index (κ2) is 6.69. The minimum absolute atomic E-state index is 0.0742. The van der Waals surface area contributed by atoms with Crippen molar-refractivity contribution in [2.24, 2.45) is 0 Å². The van der Waals surface area contributed by atoms with Crippen molar-refractivity contribution < 1.29 is 14.9 Å². The van der Waals surface area contributed by atoms with Crippen molar-refractivity contribution in [3.8, 4) is 0 Å². The summed E-state index contributed by atoms with van der Waals surface area (Å²) in [6, 6.07) is 1.15. The molecule has 0 aliphatic heterocycles. The first kappa shape index (κ1) is 14.9. The Labute approximate surface area is 108 Å². The Hall–Kier alpha value is -1.15. The first-order valence-electron chi connectivity index (χ1n) is 5.31. The molecule has 0 spiro atoms. The number of aromatic amines is 1. The third kappa shape index (κ3) is 3.67. The number of aliphatic hydroxyl groups excluding tert-OH is 2. The highest BCUT2D eigenvalue weighted by molar-refractivity contribution is 6.18. The summed E-state index contributed by atoms with van der Waals surface area (Å²) in [6.07, 6.45) is -1.43. The number of aromatic nitrogens is 2. The number of aliphatic hydroxyl groups is 2. The van der Waals surface area contributed by atoms with Crippen LogP contribution in [-0.4, -0.2) is 44.5 Å². The van der Waals surface area contributed by atoms with Crippen LogP contribution in [0.1, 0.15) is 13.2 Å². The molecule has 1 aromatic rings. The fourth-order valence-electron chi connectivity index (χ4n) is 1.34. The van der Waals surface area contributed by atoms with Gasteiger partial charge in [0.25, 0.3) is 5.56 Å². The molecule has 1 aromatic heterocycles. The zero-order valence-corrected chi connectivity index (χ0v) is 10.5. The predicted octanol–water partition coefficient (Wildman–Crippen LogP) is -0.968. The average molecular weight is 279 g/mol. The van der Waals surface area contributed by atoms with Crippen molar-refractivity contribution in [3.05, 3.63) is 33.1 Å². The lowest BCUT2D eigenvalue weighted by molar-refractivity contribution is -0.111. The van der Waals surface area contributed by atoms with E-state index in [0.717, 1.165) is 10.6 Å². The fourth-order valence-corrected chi connectivity index (χ4v) is 1.56. The molecule has 0 saturated heterocycles. The molecule has 1 rings (SSSR count). The van der Waals surface area contributed by atoms with Gasteiger partial charge in [0, 0.05) is 12.3 Å². The van der Waals surface area contributed by atoms with Gasteiger partial charge in [-0.05, 0) is 6.92 Å². The number of rotatable bonds is 6. The fraction of sp³-hybridized carbons (Fsp3) is 0.600. The highest BCUT2D eigenvalue weighted by Crippen LogP contribution is 2.12. The highest BCUT2D eigenvalue weighted by Gasteiger charge is 2.21. The van der Waals surface area contributed by atoms with Crippen LogP contribution in [0.4, 0.5) is 0 Å². The molecule has 18 heavy (non-hydrogen) atoms. The van der Waals surface area contributed by atoms with Crippen molar-refractivity contribution in [2.75, 3.05) is 12.5 Å². The second-order valence-corrected chi connectivity index (χ2v) is 4.03. The molecule has 102 valence electrons. The molecular weight excluding hydrogens is 264 g/mol. The van der Waals surface area contributed by atoms with Crippen LogP contribution in [0, 0.1) is 0 Å². The largest absolute Gasteiger partial charge is 0.394 e. The molecule has 0 amide bonds. The number of alkyl halides is 1. The van der Waals surface area contributed by atoms with Gasteiger partial charge in [0.2, 0.25) is 0 Å². The van der Waals surface area contributed by atoms with E-state index in [2.05, 4.69) is 4.98 Å². The first-order valence-corrected chi connectivity index (χ1v) is 5.85. The van der Waals surface area contributed by atoms with Gasteiger partial charge < -0.3 is 14.9 Å². The Kier molecular flexibility index (Phi) is 5.54. The summed E-state index contributed by atoms with van der Waals surface area (Å²) in [6.45, 7) is 1.03. The molecule has 7 nitrogen and oxygen atoms in total. The molecule has 0 fully saturated rings. The van der Waals surface area contributed by atoms with E-state index in [0.29, 0.717) is 0 Å². The number of hydrogen-bond donors (Lipinski definition) is 3. The van der Waals surface area contributed by atoms with E-state index >= 15 is 0 Å². The number of nitrogens with zero attached hydrogens (tertiary/aromatic N) is 1. The lowest BCUT2D eigenvalue weighted by atomic mass is 10.2. The SMILES string of the molecule is C[C@H](O)C(CO)OC(CCl)n1ccc(=O)[nH]c1=O. The van der Waals surface area contributed by atoms with Crippen LogP contribution in [0.3, 0.4) is 0 Å². The zero-order valence-electron chi connectivity index (χ0n) is 9.75. The minimum atomic E-state index is -0.917. The summed E-state index contributed by atoms with van der Waals surface area (Å²) in [4.78, 5) is 24.5. The van der Waals surface area contributed by atoms with Crippen LogP contribution in [0.5, 0.6) is 0 Å². The molecule has 3 atom stereocenters. The van der Waals surface area contributed by atoms with E-state index in [-0.39, 0.29) is 5.88 Å². The zero-order chi connectivity index (χ0) is 13.7. The Morgan fingerprint density at radius 2 is 2.22 bits per heavy atom. The van der Waals surface area contributed by atoms with E-state index in [1.54, 1.807) is 0 Å². The van der Waals surface area contributed by atoms with Gasteiger partial charge in [-0.1, -0.05) is 0 Å². The third-order valence-corrected chi connectivity index (χ3v) is 2.61. The number of ether oxygens (including phenoxy) is 1. The number of halogens is 1. The Morgan fingerprint density at radius 1 is 1.56 bits per heavy atom. The molecule has 0 bridgehead atoms. The van der Waals surface area contributed by atoms with E-state index < -0.39 is 36.3 Å². The number of hydrogen-bond acceptors (Lipinski definition) is 5. The van der Waals surface area contributed by atoms with Crippen molar-refractivity contribution in [3.63, 3.8) is 0 Å². The monoisotopic (exact) mass is 278 g/mol. The van der Waals surface area contributed by atoms with Gasteiger partial charge in [-0.15, -0.1) is 11.6 Å². The maximum Gasteiger partial charge on any atom is 0.330 e. The molecule has 0 aliphatic rings. The Morgan fingerprint density at radius 3 is 2.67 bits per heavy atom. The normalized spacial score (nSPS) is 16.2. The van der Waals surface area contributed by atoms with Crippen LogP contribution >= 0.6 is 11.6 Å². The van der Waals surface area contributed by atoms with Gasteiger partial charge in [0.05, 0.1) is 18.6 Å². The molecule has 0 radical (unpaired) electrons. The van der Waals surface area contributed by atoms with Crippen molar-refractivity contribution in [1.82, 2.24) is 9.55 Å². The van der Waals surface area contributed by atoms with E-state index in [1.807, 2.05) is 0 Å². The Bertz CT molecular complexity index is 484. The molecule has 0 aliphatic carbocycles. The molecular formula is C10H15ClN2O5. The standard InChI is InChI=1S/C10H15ClN2O5/c1-6(15)7(5-14)18-9(4-11)13-3-2-8(16)12-10(13)17/h2-3,6-7,9,14-15H,4-5H2,1H3,(H,12,16,17)/t6-,7?,9?/m0/s1. The summed E-state index contributed by atoms with van der Waals surface area (Å²) < 4.78 is 6.41. The summed E-state index contributed by atoms with van der Waals surface area (Å²) in [5.41, 5.74) is -1.20. The third-order valence-electron chi connectivity index (χ3n) is 2.34. The van der Waals surface area contributed by atoms with Gasteiger partial charge in [-0.2, -0.15) is 0 Å². The summed E-state index contributed by atoms with van der Waals surface area (Å²) in [5.74, 6) is -0.0742. The summed E-state index contributed by atoms with van der Waals surface area (Å²) >= 11 is 5.68. The smallest absolute Gasteiger partial charge is 0.330 e. The summed E-state index contributed by atoms with van der Waals surface area (Å²) in [5, 5.41) is 18.4. The molecule has 3 N–H and O–H groups in total. The van der Waals surface area contributed by atoms with E-state index in [9.17, 15) is 14.7 Å². The van der Waals surface area contributed by atoms with E-state index in [1.165, 1.54) is 13.1 Å². The van der Waals surface area contributed by atoms with Crippen LogP contribution < -0.4 is 11.2 Å². The minimum Gasteiger partial charge on any atom is -0.394 e. The lowest BCUT2D eigenvalue weighted by Crippen LogP contribution is -2.38. The predicted molar refractivity (Wildman–Crippen MR) is 64.7 cm³/mol. The van der Waals surface area contributed by atoms with Crippen molar-refractivity contribution >= 4 is 11.6 Å². The molecule has 0 saturated carbocycles. The highest BCUT2D eigenvalue weighted by atomic mass is 35.5. The van der Waals surface area contributed by atoms with Crippen LogP contribution in [0.2, 0.25) is 0 Å². The van der Waals surface area contributed by atoms with Crippen molar-refractivity contribution in [1.29, 1.82) is 0 Å². The molecule has 1 heterocycles. The molecule has 8 heteroatoms. The number of H-pyrrole nitrogens is 1. The van der Waals surface area contributed by atoms with Gasteiger partial charge in [0.1, 0.15) is 6.10 Å². The van der Waals surface area contributed by atoms with Gasteiger partial charge in [-0.3, -0.25) is 14.3 Å². The van der Waals surface area contributed by atoms with Gasteiger partial charge in [-0.25, -0.2) is 4.79 Å². The van der Waals surface area contributed by atoms with Crippen LogP contribution in [0.15, 0.2) is 21.9 Å². The first-order chi connectivity index (χ1) is 8.49. The van der Waals surface area contributed by atoms with E-state index in [4.69, 9.17) is 21.4 Å². The topological polar surface area (TPSA) is 105 Å². The summed E-state index contributed by atoms with van der Waals surface area (Å²) in [7, 11) is 0. The average Bonchev–Trinajstić information content (AvgIpc) is 2.31.